The summed E-state index contributed by atoms with van der Waals surface area (Å²) in [7, 11) is 0. The monoisotopic (exact) mass is 425 g/mol. The predicted octanol–water partition coefficient (Wildman–Crippen LogP) is 4.20. The molecule has 0 bridgehead atoms. The van der Waals surface area contributed by atoms with Gasteiger partial charge in [0.15, 0.2) is 16.9 Å². The molecule has 3 aromatic rings. The molecule has 2 aromatic heterocycles. The zero-order valence-electron chi connectivity index (χ0n) is 15.1. The summed E-state index contributed by atoms with van der Waals surface area (Å²) in [4.78, 5) is 33.5. The van der Waals surface area contributed by atoms with E-state index in [9.17, 15) is 18.4 Å². The summed E-state index contributed by atoms with van der Waals surface area (Å²) in [5.41, 5.74) is 1.38. The Morgan fingerprint density at radius 3 is 2.68 bits per heavy atom. The van der Waals surface area contributed by atoms with E-state index in [1.54, 1.807) is 43.5 Å². The van der Waals surface area contributed by atoms with Crippen molar-refractivity contribution in [1.82, 2.24) is 14.5 Å². The molecule has 0 spiro atoms. The molecule has 0 aliphatic heterocycles. The number of rotatable bonds is 8. The Morgan fingerprint density at radius 2 is 2.04 bits per heavy atom. The highest BCUT2D eigenvalue weighted by Crippen LogP contribution is 2.31. The lowest BCUT2D eigenvalue weighted by molar-refractivity contribution is -0.147. The third-order valence-electron chi connectivity index (χ3n) is 3.83. The summed E-state index contributed by atoms with van der Waals surface area (Å²) in [6, 6.07) is 6.51. The van der Waals surface area contributed by atoms with Crippen LogP contribution < -0.4 is 0 Å². The number of Topliss-reactive ketones (excluding diaryl/α,β-unsaturated/α-hetero) is 1. The van der Waals surface area contributed by atoms with Gasteiger partial charge < -0.3 is 4.74 Å². The summed E-state index contributed by atoms with van der Waals surface area (Å²) in [5.74, 6) is -2.54. The number of halogens is 2. The van der Waals surface area contributed by atoms with Gasteiger partial charge in [0.25, 0.3) is 0 Å². The van der Waals surface area contributed by atoms with E-state index in [-0.39, 0.29) is 23.0 Å². The van der Waals surface area contributed by atoms with Crippen molar-refractivity contribution >= 4 is 45.9 Å². The SMILES string of the molecule is CCOC(=O)[C@H](C(=O)CSc1nc2ccccc2n1C(F)F)c1nc(C)cs1. The number of imidazole rings is 1. The van der Waals surface area contributed by atoms with Crippen molar-refractivity contribution in [3.8, 4) is 0 Å². The second-order valence-corrected chi connectivity index (χ2v) is 7.63. The van der Waals surface area contributed by atoms with E-state index < -0.39 is 24.2 Å². The van der Waals surface area contributed by atoms with Gasteiger partial charge in [0.2, 0.25) is 0 Å². The number of ketones is 1. The van der Waals surface area contributed by atoms with Gasteiger partial charge in [-0.2, -0.15) is 8.78 Å². The third kappa shape index (κ3) is 4.22. The van der Waals surface area contributed by atoms with Crippen molar-refractivity contribution < 1.29 is 23.1 Å². The first kappa shape index (κ1) is 20.4. The number of esters is 1. The Kier molecular flexibility index (Phi) is 6.40. The molecule has 6 nitrogen and oxygen atoms in total. The van der Waals surface area contributed by atoms with Gasteiger partial charge in [0.05, 0.1) is 23.4 Å². The van der Waals surface area contributed by atoms with E-state index >= 15 is 0 Å². The molecule has 0 saturated carbocycles. The first-order valence-corrected chi connectivity index (χ1v) is 10.3. The Morgan fingerprint density at radius 1 is 1.29 bits per heavy atom. The van der Waals surface area contributed by atoms with Gasteiger partial charge in [-0.3, -0.25) is 14.2 Å². The molecule has 0 amide bonds. The number of thioether (sulfide) groups is 1. The number of para-hydroxylation sites is 2. The number of carbonyl (C=O) groups is 2. The first-order chi connectivity index (χ1) is 13.4. The molecule has 0 fully saturated rings. The highest BCUT2D eigenvalue weighted by atomic mass is 32.2. The van der Waals surface area contributed by atoms with Crippen LogP contribution in [0.25, 0.3) is 11.0 Å². The lowest BCUT2D eigenvalue weighted by Crippen LogP contribution is -2.25. The molecule has 28 heavy (non-hydrogen) atoms. The van der Waals surface area contributed by atoms with E-state index in [4.69, 9.17) is 4.74 Å². The van der Waals surface area contributed by atoms with Gasteiger partial charge in [-0.15, -0.1) is 11.3 Å². The number of carbonyl (C=O) groups excluding carboxylic acids is 2. The van der Waals surface area contributed by atoms with Crippen LogP contribution in [0.4, 0.5) is 8.78 Å². The number of nitrogens with zero attached hydrogens (tertiary/aromatic N) is 3. The first-order valence-electron chi connectivity index (χ1n) is 8.41. The number of benzene rings is 1. The zero-order chi connectivity index (χ0) is 20.3. The fourth-order valence-electron chi connectivity index (χ4n) is 2.63. The summed E-state index contributed by atoms with van der Waals surface area (Å²) in [6.07, 6.45) is 0. The van der Waals surface area contributed by atoms with E-state index in [1.807, 2.05) is 0 Å². The number of ether oxygens (including phenoxy) is 1. The van der Waals surface area contributed by atoms with Gasteiger partial charge in [0.1, 0.15) is 5.01 Å². The minimum absolute atomic E-state index is 0.0162. The summed E-state index contributed by atoms with van der Waals surface area (Å²) in [5, 5.41) is 2.09. The standard InChI is InChI=1S/C18H17F2N3O3S2/c1-3-26-16(25)14(15-21-10(2)8-27-15)13(24)9-28-18-22-11-6-4-5-7-12(11)23(18)17(19)20/h4-8,14,17H,3,9H2,1-2H3/t14-/m1/s1. The minimum Gasteiger partial charge on any atom is -0.465 e. The van der Waals surface area contributed by atoms with Crippen LogP contribution >= 0.6 is 23.1 Å². The molecule has 0 aliphatic rings. The molecule has 3 rings (SSSR count). The third-order valence-corrected chi connectivity index (χ3v) is 5.83. The average Bonchev–Trinajstić information content (AvgIpc) is 3.23. The fourth-order valence-corrected chi connectivity index (χ4v) is 4.45. The highest BCUT2D eigenvalue weighted by Gasteiger charge is 2.33. The van der Waals surface area contributed by atoms with Crippen LogP contribution in [0.3, 0.4) is 0 Å². The Bertz CT molecular complexity index is 1000. The van der Waals surface area contributed by atoms with Crippen LogP contribution in [-0.2, 0) is 14.3 Å². The normalized spacial score (nSPS) is 12.5. The lowest BCUT2D eigenvalue weighted by Gasteiger charge is -2.12. The maximum absolute atomic E-state index is 13.5. The van der Waals surface area contributed by atoms with Crippen molar-refractivity contribution in [3.63, 3.8) is 0 Å². The maximum Gasteiger partial charge on any atom is 0.323 e. The van der Waals surface area contributed by atoms with Crippen LogP contribution in [0.1, 0.15) is 30.1 Å². The van der Waals surface area contributed by atoms with Crippen LogP contribution in [0.15, 0.2) is 34.8 Å². The lowest BCUT2D eigenvalue weighted by atomic mass is 10.1. The van der Waals surface area contributed by atoms with Crippen molar-refractivity contribution in [3.05, 3.63) is 40.3 Å². The van der Waals surface area contributed by atoms with E-state index in [0.29, 0.717) is 16.2 Å². The quantitative estimate of drug-likeness (QED) is 0.306. The van der Waals surface area contributed by atoms with E-state index in [0.717, 1.165) is 16.3 Å². The summed E-state index contributed by atoms with van der Waals surface area (Å²) in [6.45, 7) is 0.729. The topological polar surface area (TPSA) is 74.1 Å². The molecular weight excluding hydrogens is 408 g/mol. The van der Waals surface area contributed by atoms with Gasteiger partial charge in [-0.1, -0.05) is 23.9 Å². The molecule has 0 saturated heterocycles. The van der Waals surface area contributed by atoms with Crippen molar-refractivity contribution in [1.29, 1.82) is 0 Å². The number of hydrogen-bond acceptors (Lipinski definition) is 7. The number of aromatic nitrogens is 3. The molecule has 0 radical (unpaired) electrons. The number of hydrogen-bond donors (Lipinski definition) is 0. The second kappa shape index (κ2) is 8.78. The predicted molar refractivity (Wildman–Crippen MR) is 103 cm³/mol. The van der Waals surface area contributed by atoms with Gasteiger partial charge in [-0.25, -0.2) is 9.97 Å². The molecule has 0 aliphatic carbocycles. The Hall–Kier alpha value is -2.33. The molecule has 0 unspecified atom stereocenters. The molecule has 0 N–H and O–H groups in total. The van der Waals surface area contributed by atoms with Gasteiger partial charge >= 0.3 is 12.5 Å². The van der Waals surface area contributed by atoms with E-state index in [2.05, 4.69) is 9.97 Å². The molecule has 2 heterocycles. The summed E-state index contributed by atoms with van der Waals surface area (Å²) < 4.78 is 32.8. The highest BCUT2D eigenvalue weighted by molar-refractivity contribution is 7.99. The number of alkyl halides is 2. The van der Waals surface area contributed by atoms with Crippen LogP contribution in [-0.4, -0.2) is 38.6 Å². The average molecular weight is 425 g/mol. The summed E-state index contributed by atoms with van der Waals surface area (Å²) >= 11 is 2.06. The second-order valence-electron chi connectivity index (χ2n) is 5.80. The van der Waals surface area contributed by atoms with E-state index in [1.165, 1.54) is 11.3 Å². The van der Waals surface area contributed by atoms with Crippen LogP contribution in [0, 0.1) is 6.92 Å². The zero-order valence-corrected chi connectivity index (χ0v) is 16.7. The van der Waals surface area contributed by atoms with Crippen LogP contribution in [0.5, 0.6) is 0 Å². The Labute approximate surface area is 167 Å². The van der Waals surface area contributed by atoms with Crippen molar-refractivity contribution in [2.75, 3.05) is 12.4 Å². The Balaban J connectivity index is 1.84. The minimum atomic E-state index is -2.80. The fraction of sp³-hybridized carbons (Fsp3) is 0.333. The van der Waals surface area contributed by atoms with Gasteiger partial charge in [-0.05, 0) is 26.0 Å². The molecule has 1 atom stereocenters. The largest absolute Gasteiger partial charge is 0.465 e. The molecule has 1 aromatic carbocycles. The van der Waals surface area contributed by atoms with Crippen LogP contribution in [0.2, 0.25) is 0 Å². The molecule has 10 heteroatoms. The maximum atomic E-state index is 13.5. The van der Waals surface area contributed by atoms with Gasteiger partial charge in [0, 0.05) is 11.1 Å². The smallest absolute Gasteiger partial charge is 0.323 e. The van der Waals surface area contributed by atoms with Crippen molar-refractivity contribution in [2.45, 2.75) is 31.5 Å². The number of fused-ring (bicyclic) bond motifs is 1. The molecular formula is C18H17F2N3O3S2. The number of thiazole rings is 1. The van der Waals surface area contributed by atoms with Crippen molar-refractivity contribution in [2.24, 2.45) is 0 Å². The number of aryl methyl sites for hydroxylation is 1. The molecule has 148 valence electrons.